The summed E-state index contributed by atoms with van der Waals surface area (Å²) < 4.78 is 15.1. The Morgan fingerprint density at radius 2 is 2.28 bits per heavy atom. The van der Waals surface area contributed by atoms with Crippen LogP contribution >= 0.6 is 11.3 Å². The molecular formula is C17H16FN5OS. The van der Waals surface area contributed by atoms with E-state index in [1.165, 1.54) is 23.5 Å². The highest BCUT2D eigenvalue weighted by Gasteiger charge is 2.18. The van der Waals surface area contributed by atoms with Gasteiger partial charge in [-0.1, -0.05) is 0 Å². The standard InChI is InChI=1S/C17H16FN5OS/c1-2-22(16(24)14-10-23-7-8-25-17(23)21-14)6-5-15-19-12-4-3-11(18)9-13(12)20-15/h3-4,7-10H,2,5-6H2,1H3,(H,19,20). The fourth-order valence-electron chi connectivity index (χ4n) is 2.79. The summed E-state index contributed by atoms with van der Waals surface area (Å²) in [6, 6.07) is 4.46. The number of imidazole rings is 2. The van der Waals surface area contributed by atoms with E-state index in [0.717, 1.165) is 16.3 Å². The Labute approximate surface area is 146 Å². The first-order valence-electron chi connectivity index (χ1n) is 7.99. The maximum absolute atomic E-state index is 13.3. The number of carbonyl (C=O) groups is 1. The highest BCUT2D eigenvalue weighted by atomic mass is 32.1. The number of fused-ring (bicyclic) bond motifs is 2. The number of hydrogen-bond donors (Lipinski definition) is 1. The molecule has 3 aromatic heterocycles. The normalized spacial score (nSPS) is 11.4. The third kappa shape index (κ3) is 3.00. The van der Waals surface area contributed by atoms with Crippen molar-refractivity contribution < 1.29 is 9.18 Å². The van der Waals surface area contributed by atoms with E-state index in [2.05, 4.69) is 15.0 Å². The lowest BCUT2D eigenvalue weighted by molar-refractivity contribution is 0.0760. The Kier molecular flexibility index (Phi) is 3.96. The van der Waals surface area contributed by atoms with Crippen LogP contribution in [0.2, 0.25) is 0 Å². The zero-order valence-corrected chi connectivity index (χ0v) is 14.4. The number of nitrogens with zero attached hydrogens (tertiary/aromatic N) is 4. The first kappa shape index (κ1) is 15.8. The summed E-state index contributed by atoms with van der Waals surface area (Å²) in [5, 5.41) is 1.93. The van der Waals surface area contributed by atoms with Gasteiger partial charge in [0.1, 0.15) is 17.3 Å². The van der Waals surface area contributed by atoms with E-state index < -0.39 is 0 Å². The van der Waals surface area contributed by atoms with Crippen molar-refractivity contribution in [3.8, 4) is 0 Å². The molecule has 0 unspecified atom stereocenters. The summed E-state index contributed by atoms with van der Waals surface area (Å²) in [6.07, 6.45) is 4.20. The molecule has 0 saturated heterocycles. The Balaban J connectivity index is 1.48. The van der Waals surface area contributed by atoms with Crippen LogP contribution in [0.1, 0.15) is 23.2 Å². The molecule has 1 N–H and O–H groups in total. The lowest BCUT2D eigenvalue weighted by atomic mass is 10.3. The quantitative estimate of drug-likeness (QED) is 0.597. The predicted molar refractivity (Wildman–Crippen MR) is 94.4 cm³/mol. The van der Waals surface area contributed by atoms with E-state index in [4.69, 9.17) is 0 Å². The Hall–Kier alpha value is -2.74. The topological polar surface area (TPSA) is 66.3 Å². The number of hydrogen-bond acceptors (Lipinski definition) is 4. The van der Waals surface area contributed by atoms with E-state index in [-0.39, 0.29) is 11.7 Å². The average Bonchev–Trinajstić information content (AvgIpc) is 3.28. The van der Waals surface area contributed by atoms with Gasteiger partial charge >= 0.3 is 0 Å². The van der Waals surface area contributed by atoms with Crippen LogP contribution in [0, 0.1) is 5.82 Å². The molecule has 25 heavy (non-hydrogen) atoms. The smallest absolute Gasteiger partial charge is 0.274 e. The van der Waals surface area contributed by atoms with Crippen LogP contribution in [0.4, 0.5) is 4.39 Å². The van der Waals surface area contributed by atoms with E-state index in [9.17, 15) is 9.18 Å². The first-order chi connectivity index (χ1) is 12.1. The van der Waals surface area contributed by atoms with Crippen molar-refractivity contribution >= 4 is 33.2 Å². The van der Waals surface area contributed by atoms with E-state index in [1.54, 1.807) is 17.2 Å². The Morgan fingerprint density at radius 3 is 3.08 bits per heavy atom. The molecule has 0 aliphatic rings. The van der Waals surface area contributed by atoms with Crippen molar-refractivity contribution in [3.05, 3.63) is 53.3 Å². The van der Waals surface area contributed by atoms with Crippen molar-refractivity contribution in [1.82, 2.24) is 24.3 Å². The molecule has 0 atom stereocenters. The molecule has 0 bridgehead atoms. The number of benzene rings is 1. The van der Waals surface area contributed by atoms with Gasteiger partial charge < -0.3 is 9.88 Å². The predicted octanol–water partition coefficient (Wildman–Crippen LogP) is 3.12. The summed E-state index contributed by atoms with van der Waals surface area (Å²) in [5.74, 6) is 0.339. The molecule has 4 rings (SSSR count). The molecule has 0 saturated carbocycles. The highest BCUT2D eigenvalue weighted by Crippen LogP contribution is 2.15. The van der Waals surface area contributed by atoms with Gasteiger partial charge in [0, 0.05) is 37.3 Å². The fraction of sp³-hybridized carbons (Fsp3) is 0.235. The van der Waals surface area contributed by atoms with Crippen LogP contribution in [0.3, 0.4) is 0 Å². The number of rotatable bonds is 5. The SMILES string of the molecule is CCN(CCc1nc2ccc(F)cc2[nH]1)C(=O)c1cn2ccsc2n1. The monoisotopic (exact) mass is 357 g/mol. The molecule has 6 nitrogen and oxygen atoms in total. The molecule has 8 heteroatoms. The molecule has 3 heterocycles. The van der Waals surface area contributed by atoms with Crippen LogP contribution < -0.4 is 0 Å². The van der Waals surface area contributed by atoms with Gasteiger partial charge in [0.05, 0.1) is 11.0 Å². The van der Waals surface area contributed by atoms with Crippen molar-refractivity contribution in [2.45, 2.75) is 13.3 Å². The van der Waals surface area contributed by atoms with Crippen LogP contribution in [-0.2, 0) is 6.42 Å². The highest BCUT2D eigenvalue weighted by molar-refractivity contribution is 7.15. The largest absolute Gasteiger partial charge is 0.342 e. The zero-order valence-electron chi connectivity index (χ0n) is 13.6. The molecule has 0 spiro atoms. The summed E-state index contributed by atoms with van der Waals surface area (Å²) in [7, 11) is 0. The molecule has 0 fully saturated rings. The van der Waals surface area contributed by atoms with Gasteiger partial charge in [-0.25, -0.2) is 14.4 Å². The molecule has 0 radical (unpaired) electrons. The summed E-state index contributed by atoms with van der Waals surface area (Å²) in [6.45, 7) is 3.03. The molecule has 128 valence electrons. The molecule has 0 aliphatic carbocycles. The van der Waals surface area contributed by atoms with Crippen LogP contribution in [0.5, 0.6) is 0 Å². The molecule has 0 aliphatic heterocycles. The molecular weight excluding hydrogens is 341 g/mol. The van der Waals surface area contributed by atoms with Gasteiger partial charge in [0.2, 0.25) is 0 Å². The van der Waals surface area contributed by atoms with Gasteiger partial charge in [-0.15, -0.1) is 11.3 Å². The summed E-state index contributed by atoms with van der Waals surface area (Å²) in [5.41, 5.74) is 1.83. The Morgan fingerprint density at radius 1 is 1.40 bits per heavy atom. The van der Waals surface area contributed by atoms with Crippen molar-refractivity contribution in [1.29, 1.82) is 0 Å². The van der Waals surface area contributed by atoms with Crippen LogP contribution in [-0.4, -0.2) is 43.2 Å². The first-order valence-corrected chi connectivity index (χ1v) is 8.87. The van der Waals surface area contributed by atoms with Crippen molar-refractivity contribution in [2.24, 2.45) is 0 Å². The molecule has 4 aromatic rings. The lowest BCUT2D eigenvalue weighted by Gasteiger charge is -2.19. The van der Waals surface area contributed by atoms with Crippen molar-refractivity contribution in [3.63, 3.8) is 0 Å². The van der Waals surface area contributed by atoms with E-state index in [0.29, 0.717) is 30.7 Å². The van der Waals surface area contributed by atoms with Gasteiger partial charge in [-0.2, -0.15) is 0 Å². The van der Waals surface area contributed by atoms with Crippen LogP contribution in [0.25, 0.3) is 16.0 Å². The number of halogens is 1. The van der Waals surface area contributed by atoms with Gasteiger partial charge in [-0.05, 0) is 25.1 Å². The minimum atomic E-state index is -0.298. The Bertz CT molecular complexity index is 1020. The number of carbonyl (C=O) groups excluding carboxylic acids is 1. The number of aromatic nitrogens is 4. The minimum absolute atomic E-state index is 0.0967. The van der Waals surface area contributed by atoms with Gasteiger partial charge in [0.15, 0.2) is 4.96 Å². The number of nitrogens with one attached hydrogen (secondary N) is 1. The summed E-state index contributed by atoms with van der Waals surface area (Å²) in [4.78, 5) is 27.1. The van der Waals surface area contributed by atoms with E-state index in [1.807, 2.05) is 22.9 Å². The van der Waals surface area contributed by atoms with Crippen LogP contribution in [0.15, 0.2) is 36.0 Å². The second-order valence-corrected chi connectivity index (χ2v) is 6.57. The third-order valence-electron chi connectivity index (χ3n) is 4.09. The van der Waals surface area contributed by atoms with Gasteiger partial charge in [-0.3, -0.25) is 9.20 Å². The number of aromatic amines is 1. The third-order valence-corrected chi connectivity index (χ3v) is 4.86. The van der Waals surface area contributed by atoms with Crippen molar-refractivity contribution in [2.75, 3.05) is 13.1 Å². The average molecular weight is 357 g/mol. The van der Waals surface area contributed by atoms with E-state index >= 15 is 0 Å². The number of H-pyrrole nitrogens is 1. The maximum Gasteiger partial charge on any atom is 0.274 e. The maximum atomic E-state index is 13.3. The minimum Gasteiger partial charge on any atom is -0.342 e. The second-order valence-electron chi connectivity index (χ2n) is 5.70. The molecule has 1 aromatic carbocycles. The number of thiazole rings is 1. The number of amides is 1. The fourth-order valence-corrected chi connectivity index (χ4v) is 3.49. The molecule has 1 amide bonds. The second kappa shape index (κ2) is 6.29. The zero-order chi connectivity index (χ0) is 17.4. The number of likely N-dealkylation sites (N-methyl/N-ethyl adjacent to an activating group) is 1. The van der Waals surface area contributed by atoms with Gasteiger partial charge in [0.25, 0.3) is 5.91 Å². The lowest BCUT2D eigenvalue weighted by Crippen LogP contribution is -2.33. The summed E-state index contributed by atoms with van der Waals surface area (Å²) >= 11 is 1.49.